The van der Waals surface area contributed by atoms with Crippen molar-refractivity contribution in [3.63, 3.8) is 0 Å². The molecule has 0 saturated heterocycles. The average Bonchev–Trinajstić information content (AvgIpc) is 2.47. The zero-order valence-electron chi connectivity index (χ0n) is 11.0. The number of anilines is 1. The normalized spacial score (nSPS) is 9.85. The molecule has 0 atom stereocenters. The quantitative estimate of drug-likeness (QED) is 0.801. The van der Waals surface area contributed by atoms with Gasteiger partial charge in [0.05, 0.1) is 23.9 Å². The number of hydrogen-bond acceptors (Lipinski definition) is 3. The van der Waals surface area contributed by atoms with Crippen molar-refractivity contribution in [1.29, 1.82) is 5.26 Å². The molecule has 0 amide bonds. The summed E-state index contributed by atoms with van der Waals surface area (Å²) in [5, 5.41) is 8.71. The molecule has 0 aliphatic carbocycles. The number of Topliss-reactive ketones (excluding diaryl/α,β-unsaturated/α-hetero) is 1. The molecule has 0 aliphatic rings. The minimum atomic E-state index is -0.359. The van der Waals surface area contributed by atoms with Crippen LogP contribution in [0.4, 0.5) is 10.1 Å². The molecule has 20 heavy (non-hydrogen) atoms. The van der Waals surface area contributed by atoms with Crippen molar-refractivity contribution < 1.29 is 9.18 Å². The van der Waals surface area contributed by atoms with Gasteiger partial charge in [-0.05, 0) is 24.3 Å². The molecule has 0 aromatic heterocycles. The maximum atomic E-state index is 13.6. The van der Waals surface area contributed by atoms with Gasteiger partial charge in [-0.25, -0.2) is 4.39 Å². The van der Waals surface area contributed by atoms with Crippen LogP contribution in [0.25, 0.3) is 0 Å². The van der Waals surface area contributed by atoms with Gasteiger partial charge in [0.2, 0.25) is 0 Å². The van der Waals surface area contributed by atoms with Gasteiger partial charge in [-0.1, -0.05) is 24.3 Å². The van der Waals surface area contributed by atoms with E-state index in [9.17, 15) is 9.18 Å². The summed E-state index contributed by atoms with van der Waals surface area (Å²) >= 11 is 0. The summed E-state index contributed by atoms with van der Waals surface area (Å²) < 4.78 is 13.6. The number of nitrogens with zero attached hydrogens (tertiary/aromatic N) is 2. The second kappa shape index (κ2) is 5.98. The molecule has 0 spiro atoms. The minimum Gasteiger partial charge on any atom is -0.365 e. The molecule has 0 N–H and O–H groups in total. The monoisotopic (exact) mass is 268 g/mol. The van der Waals surface area contributed by atoms with Crippen molar-refractivity contribution >= 4 is 11.5 Å². The summed E-state index contributed by atoms with van der Waals surface area (Å²) in [5.41, 5.74) is 1.39. The predicted octanol–water partition coefficient (Wildman–Crippen LogP) is 3.02. The standard InChI is InChI=1S/C16H13FN2O/c1-19(15-5-3-2-4-14(15)17)11-16(20)13-8-6-12(10-18)7-9-13/h2-9H,11H2,1H3. The summed E-state index contributed by atoms with van der Waals surface area (Å²) in [6, 6.07) is 14.7. The molecular formula is C16H13FN2O. The number of nitriles is 1. The van der Waals surface area contributed by atoms with E-state index in [1.807, 2.05) is 6.07 Å². The number of halogens is 1. The maximum absolute atomic E-state index is 13.6. The van der Waals surface area contributed by atoms with E-state index in [0.717, 1.165) is 0 Å². The average molecular weight is 268 g/mol. The van der Waals surface area contributed by atoms with Gasteiger partial charge in [0, 0.05) is 12.6 Å². The molecule has 0 fully saturated rings. The van der Waals surface area contributed by atoms with E-state index in [-0.39, 0.29) is 18.1 Å². The first kappa shape index (κ1) is 13.8. The van der Waals surface area contributed by atoms with Gasteiger partial charge in [0.1, 0.15) is 5.82 Å². The second-order valence-corrected chi connectivity index (χ2v) is 4.42. The molecule has 2 aromatic carbocycles. The van der Waals surface area contributed by atoms with Crippen LogP contribution in [0.5, 0.6) is 0 Å². The zero-order valence-corrected chi connectivity index (χ0v) is 11.0. The van der Waals surface area contributed by atoms with Crippen LogP contribution in [0.15, 0.2) is 48.5 Å². The van der Waals surface area contributed by atoms with Crippen molar-refractivity contribution in [3.05, 3.63) is 65.5 Å². The Labute approximate surface area is 116 Å². The molecule has 2 aromatic rings. The highest BCUT2D eigenvalue weighted by molar-refractivity contribution is 5.99. The molecule has 0 bridgehead atoms. The second-order valence-electron chi connectivity index (χ2n) is 4.42. The fourth-order valence-electron chi connectivity index (χ4n) is 1.88. The van der Waals surface area contributed by atoms with Crippen molar-refractivity contribution in [1.82, 2.24) is 0 Å². The molecule has 0 aliphatic heterocycles. The van der Waals surface area contributed by atoms with Gasteiger partial charge in [-0.2, -0.15) is 5.26 Å². The van der Waals surface area contributed by atoms with Crippen LogP contribution < -0.4 is 4.90 Å². The number of ketones is 1. The molecule has 0 unspecified atom stereocenters. The van der Waals surface area contributed by atoms with Gasteiger partial charge in [0.25, 0.3) is 0 Å². The SMILES string of the molecule is CN(CC(=O)c1ccc(C#N)cc1)c1ccccc1F. The molecule has 0 heterocycles. The third-order valence-electron chi connectivity index (χ3n) is 2.98. The van der Waals surface area contributed by atoms with Crippen LogP contribution >= 0.6 is 0 Å². The number of benzene rings is 2. The number of para-hydroxylation sites is 1. The highest BCUT2D eigenvalue weighted by Gasteiger charge is 2.12. The van der Waals surface area contributed by atoms with E-state index in [1.54, 1.807) is 54.4 Å². The van der Waals surface area contributed by atoms with Crippen molar-refractivity contribution in [2.45, 2.75) is 0 Å². The van der Waals surface area contributed by atoms with Crippen LogP contribution in [0.2, 0.25) is 0 Å². The van der Waals surface area contributed by atoms with Gasteiger partial charge < -0.3 is 4.90 Å². The fourth-order valence-corrected chi connectivity index (χ4v) is 1.88. The first-order valence-corrected chi connectivity index (χ1v) is 6.11. The van der Waals surface area contributed by atoms with E-state index in [2.05, 4.69) is 0 Å². The topological polar surface area (TPSA) is 44.1 Å². The minimum absolute atomic E-state index is 0.0762. The Hall–Kier alpha value is -2.67. The lowest BCUT2D eigenvalue weighted by Gasteiger charge is -2.18. The Morgan fingerprint density at radius 1 is 1.20 bits per heavy atom. The molecule has 2 rings (SSSR count). The predicted molar refractivity (Wildman–Crippen MR) is 75.2 cm³/mol. The lowest BCUT2D eigenvalue weighted by Crippen LogP contribution is -2.26. The summed E-state index contributed by atoms with van der Waals surface area (Å²) in [5.74, 6) is -0.483. The lowest BCUT2D eigenvalue weighted by atomic mass is 10.1. The van der Waals surface area contributed by atoms with Crippen molar-refractivity contribution in [3.8, 4) is 6.07 Å². The third kappa shape index (κ3) is 3.01. The summed E-state index contributed by atoms with van der Waals surface area (Å²) in [4.78, 5) is 13.7. The number of rotatable bonds is 4. The van der Waals surface area contributed by atoms with Gasteiger partial charge in [0.15, 0.2) is 5.78 Å². The van der Waals surface area contributed by atoms with Crippen LogP contribution in [0.1, 0.15) is 15.9 Å². The maximum Gasteiger partial charge on any atom is 0.182 e. The van der Waals surface area contributed by atoms with E-state index >= 15 is 0 Å². The Morgan fingerprint density at radius 3 is 2.45 bits per heavy atom. The first-order valence-electron chi connectivity index (χ1n) is 6.11. The molecular weight excluding hydrogens is 255 g/mol. The van der Waals surface area contributed by atoms with E-state index in [4.69, 9.17) is 5.26 Å². The highest BCUT2D eigenvalue weighted by atomic mass is 19.1. The number of likely N-dealkylation sites (N-methyl/N-ethyl adjacent to an activating group) is 1. The van der Waals surface area contributed by atoms with Crippen LogP contribution in [-0.2, 0) is 0 Å². The first-order chi connectivity index (χ1) is 9.61. The molecule has 3 nitrogen and oxygen atoms in total. The molecule has 0 saturated carbocycles. The van der Waals surface area contributed by atoms with Crippen molar-refractivity contribution in [2.75, 3.05) is 18.5 Å². The highest BCUT2D eigenvalue weighted by Crippen LogP contribution is 2.17. The number of carbonyl (C=O) groups excluding carboxylic acids is 1. The number of carbonyl (C=O) groups is 1. The van der Waals surface area contributed by atoms with E-state index < -0.39 is 0 Å². The van der Waals surface area contributed by atoms with E-state index in [1.165, 1.54) is 6.07 Å². The molecule has 100 valence electrons. The summed E-state index contributed by atoms with van der Waals surface area (Å²) in [6.07, 6.45) is 0. The Balaban J connectivity index is 2.11. The van der Waals surface area contributed by atoms with Crippen LogP contribution in [-0.4, -0.2) is 19.4 Å². The van der Waals surface area contributed by atoms with Gasteiger partial charge in [-0.15, -0.1) is 0 Å². The van der Waals surface area contributed by atoms with Gasteiger partial charge >= 0.3 is 0 Å². The Morgan fingerprint density at radius 2 is 1.85 bits per heavy atom. The smallest absolute Gasteiger partial charge is 0.182 e. The third-order valence-corrected chi connectivity index (χ3v) is 2.98. The summed E-state index contributed by atoms with van der Waals surface area (Å²) in [6.45, 7) is 0.0762. The Bertz CT molecular complexity index is 659. The van der Waals surface area contributed by atoms with Crippen LogP contribution in [0, 0.1) is 17.1 Å². The van der Waals surface area contributed by atoms with Gasteiger partial charge in [-0.3, -0.25) is 4.79 Å². The molecule has 4 heteroatoms. The summed E-state index contributed by atoms with van der Waals surface area (Å²) in [7, 11) is 1.67. The lowest BCUT2D eigenvalue weighted by molar-refractivity contribution is 0.100. The van der Waals surface area contributed by atoms with Crippen LogP contribution in [0.3, 0.4) is 0 Å². The Kier molecular flexibility index (Phi) is 4.11. The van der Waals surface area contributed by atoms with E-state index in [0.29, 0.717) is 16.8 Å². The fraction of sp³-hybridized carbons (Fsp3) is 0.125. The van der Waals surface area contributed by atoms with Crippen molar-refractivity contribution in [2.24, 2.45) is 0 Å². The number of hydrogen-bond donors (Lipinski definition) is 0. The largest absolute Gasteiger partial charge is 0.365 e. The zero-order chi connectivity index (χ0) is 14.5. The molecule has 0 radical (unpaired) electrons.